The highest BCUT2D eigenvalue weighted by molar-refractivity contribution is 5.80. The van der Waals surface area contributed by atoms with Crippen LogP contribution in [0.3, 0.4) is 0 Å². The van der Waals surface area contributed by atoms with Gasteiger partial charge >= 0.3 is 11.9 Å². The first-order valence-electron chi connectivity index (χ1n) is 24.1. The number of hydrogen-bond acceptors (Lipinski definition) is 4. The molecule has 0 aliphatic rings. The second kappa shape index (κ2) is 45.1. The Morgan fingerprint density at radius 2 is 0.679 bits per heavy atom. The summed E-state index contributed by atoms with van der Waals surface area (Å²) in [4.78, 5) is 25.8. The molecule has 0 N–H and O–H groups in total. The first-order valence-corrected chi connectivity index (χ1v) is 24.1. The minimum atomic E-state index is -0.409. The molecule has 53 heavy (non-hydrogen) atoms. The van der Waals surface area contributed by atoms with Crippen LogP contribution in [0.2, 0.25) is 0 Å². The topological polar surface area (TPSA) is 52.6 Å². The van der Waals surface area contributed by atoms with Crippen LogP contribution in [0.5, 0.6) is 0 Å². The van der Waals surface area contributed by atoms with Gasteiger partial charge in [-0.05, 0) is 38.5 Å². The lowest BCUT2D eigenvalue weighted by atomic mass is 9.99. The SMILES string of the molecule is CCCCCCCCCCCCCCCCC/C=C/CCC(CC(=O)OCCCCCCCCCCCC)C(=O)OCCCCCCCCCCCC. The predicted octanol–water partition coefficient (Wildman–Crippen LogP) is 16.5. The monoisotopic (exact) mass is 747 g/mol. The van der Waals surface area contributed by atoms with Crippen LogP contribution in [0, 0.1) is 5.92 Å². The number of ether oxygens (including phenoxy) is 2. The van der Waals surface area contributed by atoms with E-state index in [-0.39, 0.29) is 18.4 Å². The molecule has 0 fully saturated rings. The average molecular weight is 747 g/mol. The summed E-state index contributed by atoms with van der Waals surface area (Å²) < 4.78 is 11.3. The van der Waals surface area contributed by atoms with Crippen LogP contribution in [-0.2, 0) is 19.1 Å². The minimum absolute atomic E-state index is 0.140. The zero-order valence-electron chi connectivity index (χ0n) is 36.4. The van der Waals surface area contributed by atoms with Crippen molar-refractivity contribution in [1.82, 2.24) is 0 Å². The van der Waals surface area contributed by atoms with Crippen molar-refractivity contribution in [3.63, 3.8) is 0 Å². The molecule has 0 aliphatic carbocycles. The molecule has 0 aromatic carbocycles. The summed E-state index contributed by atoms with van der Waals surface area (Å²) in [6.07, 6.45) is 53.2. The van der Waals surface area contributed by atoms with E-state index in [1.165, 1.54) is 199 Å². The van der Waals surface area contributed by atoms with Crippen LogP contribution in [-0.4, -0.2) is 25.2 Å². The Morgan fingerprint density at radius 1 is 0.377 bits per heavy atom. The maximum atomic E-state index is 13.1. The smallest absolute Gasteiger partial charge is 0.309 e. The van der Waals surface area contributed by atoms with Crippen molar-refractivity contribution in [2.75, 3.05) is 13.2 Å². The zero-order chi connectivity index (χ0) is 38.6. The standard InChI is InChI=1S/C49H94O4/c1-4-7-10-13-16-19-22-23-24-25-26-27-28-29-30-31-34-37-40-43-47(49(51)53-45-42-39-36-33-21-18-15-12-9-6-3)46-48(50)52-44-41-38-35-32-20-17-14-11-8-5-2/h34,37,47H,4-33,35-36,38-46H2,1-3H3/b37-34+. The molecule has 0 spiro atoms. The van der Waals surface area contributed by atoms with Crippen molar-refractivity contribution in [3.8, 4) is 0 Å². The van der Waals surface area contributed by atoms with Gasteiger partial charge < -0.3 is 9.47 Å². The number of esters is 2. The molecule has 1 atom stereocenters. The van der Waals surface area contributed by atoms with Gasteiger partial charge in [-0.3, -0.25) is 9.59 Å². The summed E-state index contributed by atoms with van der Waals surface area (Å²) in [6, 6.07) is 0. The number of allylic oxidation sites excluding steroid dienone is 2. The third-order valence-corrected chi connectivity index (χ3v) is 11.1. The van der Waals surface area contributed by atoms with Crippen LogP contribution in [0.15, 0.2) is 12.2 Å². The summed E-state index contributed by atoms with van der Waals surface area (Å²) in [6.45, 7) is 7.75. The molecule has 0 aliphatic heterocycles. The molecule has 1 unspecified atom stereocenters. The van der Waals surface area contributed by atoms with Crippen molar-refractivity contribution in [3.05, 3.63) is 12.2 Å². The van der Waals surface area contributed by atoms with Gasteiger partial charge in [-0.1, -0.05) is 238 Å². The molecule has 0 heterocycles. The van der Waals surface area contributed by atoms with Gasteiger partial charge in [-0.15, -0.1) is 0 Å². The lowest BCUT2D eigenvalue weighted by Crippen LogP contribution is -2.23. The minimum Gasteiger partial charge on any atom is -0.466 e. The Labute approximate surface area is 332 Å². The molecular formula is C49H94O4. The zero-order valence-corrected chi connectivity index (χ0v) is 36.4. The van der Waals surface area contributed by atoms with Crippen molar-refractivity contribution in [2.24, 2.45) is 5.92 Å². The van der Waals surface area contributed by atoms with E-state index in [0.29, 0.717) is 19.6 Å². The molecule has 0 radical (unpaired) electrons. The molecule has 0 rings (SSSR count). The lowest BCUT2D eigenvalue weighted by molar-refractivity contribution is -0.155. The van der Waals surface area contributed by atoms with Gasteiger partial charge in [0.15, 0.2) is 0 Å². The maximum Gasteiger partial charge on any atom is 0.309 e. The van der Waals surface area contributed by atoms with Gasteiger partial charge in [-0.2, -0.15) is 0 Å². The van der Waals surface area contributed by atoms with Gasteiger partial charge in [0.1, 0.15) is 0 Å². The molecule has 4 nitrogen and oxygen atoms in total. The Morgan fingerprint density at radius 3 is 1.06 bits per heavy atom. The fourth-order valence-corrected chi connectivity index (χ4v) is 7.39. The summed E-state index contributed by atoms with van der Waals surface area (Å²) in [5.74, 6) is -0.870. The lowest BCUT2D eigenvalue weighted by Gasteiger charge is -2.15. The first-order chi connectivity index (χ1) is 26.2. The van der Waals surface area contributed by atoms with E-state index < -0.39 is 5.92 Å². The van der Waals surface area contributed by atoms with Crippen LogP contribution in [0.25, 0.3) is 0 Å². The molecule has 0 aromatic rings. The number of rotatable bonds is 44. The molecule has 0 aromatic heterocycles. The molecule has 4 heteroatoms. The third kappa shape index (κ3) is 41.7. The van der Waals surface area contributed by atoms with Crippen LogP contribution in [0.1, 0.15) is 271 Å². The fourth-order valence-electron chi connectivity index (χ4n) is 7.39. The van der Waals surface area contributed by atoms with E-state index in [1.807, 2.05) is 0 Å². The average Bonchev–Trinajstić information content (AvgIpc) is 3.16. The Balaban J connectivity index is 4.22. The molecule has 0 saturated carbocycles. The van der Waals surface area contributed by atoms with Crippen molar-refractivity contribution < 1.29 is 19.1 Å². The number of hydrogen-bond donors (Lipinski definition) is 0. The van der Waals surface area contributed by atoms with Gasteiger partial charge in [0, 0.05) is 0 Å². The van der Waals surface area contributed by atoms with Crippen molar-refractivity contribution in [1.29, 1.82) is 0 Å². The fraction of sp³-hybridized carbons (Fsp3) is 0.918. The van der Waals surface area contributed by atoms with Crippen molar-refractivity contribution >= 4 is 11.9 Å². The Hall–Kier alpha value is -1.32. The molecule has 0 saturated heterocycles. The Kier molecular flexibility index (Phi) is 43.9. The van der Waals surface area contributed by atoms with E-state index in [1.54, 1.807) is 0 Å². The number of carbonyl (C=O) groups excluding carboxylic acids is 2. The molecule has 0 bridgehead atoms. The quantitative estimate of drug-likeness (QED) is 0.0354. The van der Waals surface area contributed by atoms with Gasteiger partial charge in [0.05, 0.1) is 25.6 Å². The normalized spacial score (nSPS) is 12.1. The van der Waals surface area contributed by atoms with Gasteiger partial charge in [0.2, 0.25) is 0 Å². The Bertz CT molecular complexity index is 762. The second-order valence-corrected chi connectivity index (χ2v) is 16.4. The molecule has 0 amide bonds. The van der Waals surface area contributed by atoms with Crippen molar-refractivity contribution in [2.45, 2.75) is 271 Å². The summed E-state index contributed by atoms with van der Waals surface area (Å²) in [7, 11) is 0. The van der Waals surface area contributed by atoms with Crippen LogP contribution < -0.4 is 0 Å². The van der Waals surface area contributed by atoms with Gasteiger partial charge in [-0.25, -0.2) is 0 Å². The summed E-state index contributed by atoms with van der Waals surface area (Å²) >= 11 is 0. The highest BCUT2D eigenvalue weighted by Gasteiger charge is 2.23. The first kappa shape index (κ1) is 51.7. The van der Waals surface area contributed by atoms with Crippen LogP contribution in [0.4, 0.5) is 0 Å². The summed E-state index contributed by atoms with van der Waals surface area (Å²) in [5, 5.41) is 0. The highest BCUT2D eigenvalue weighted by Crippen LogP contribution is 2.18. The molecular weight excluding hydrogens is 653 g/mol. The van der Waals surface area contributed by atoms with E-state index in [2.05, 4.69) is 32.9 Å². The summed E-state index contributed by atoms with van der Waals surface area (Å²) in [5.41, 5.74) is 0. The predicted molar refractivity (Wildman–Crippen MR) is 232 cm³/mol. The van der Waals surface area contributed by atoms with Gasteiger partial charge in [0.25, 0.3) is 0 Å². The largest absolute Gasteiger partial charge is 0.466 e. The maximum absolute atomic E-state index is 13.1. The third-order valence-electron chi connectivity index (χ3n) is 11.1. The molecule has 314 valence electrons. The van der Waals surface area contributed by atoms with E-state index in [9.17, 15) is 9.59 Å². The van der Waals surface area contributed by atoms with E-state index in [4.69, 9.17) is 9.47 Å². The second-order valence-electron chi connectivity index (χ2n) is 16.4. The van der Waals surface area contributed by atoms with E-state index in [0.717, 1.165) is 38.5 Å². The number of unbranched alkanes of at least 4 members (excludes halogenated alkanes) is 33. The number of carbonyl (C=O) groups is 2. The van der Waals surface area contributed by atoms with E-state index >= 15 is 0 Å². The van der Waals surface area contributed by atoms with Crippen LogP contribution >= 0.6 is 0 Å². The highest BCUT2D eigenvalue weighted by atomic mass is 16.5.